The first-order valence-electron chi connectivity index (χ1n) is 5.97. The molecule has 0 spiro atoms. The standard InChI is InChI=1S/C12H23NO2/c1-11(2,3)13-9-4-5-10(13)7-12(15,6-9)8-14/h9-10,14-15H,4-8H2,1-3H3/t9-,10?,12?/m1/s1. The molecular formula is C12H23NO2. The molecule has 0 aromatic heterocycles. The van der Waals surface area contributed by atoms with Crippen LogP contribution in [0.4, 0.5) is 0 Å². The minimum atomic E-state index is -0.812. The van der Waals surface area contributed by atoms with Gasteiger partial charge in [0.2, 0.25) is 0 Å². The van der Waals surface area contributed by atoms with Crippen LogP contribution >= 0.6 is 0 Å². The maximum Gasteiger partial charge on any atom is 0.0907 e. The fourth-order valence-corrected chi connectivity index (χ4v) is 3.55. The Kier molecular flexibility index (Phi) is 2.61. The van der Waals surface area contributed by atoms with Crippen molar-refractivity contribution in [1.29, 1.82) is 0 Å². The van der Waals surface area contributed by atoms with Crippen LogP contribution in [0.1, 0.15) is 46.5 Å². The van der Waals surface area contributed by atoms with Crippen molar-refractivity contribution < 1.29 is 10.2 Å². The maximum atomic E-state index is 10.2. The Bertz CT molecular complexity index is 232. The zero-order valence-corrected chi connectivity index (χ0v) is 10.0. The van der Waals surface area contributed by atoms with E-state index >= 15 is 0 Å². The molecule has 0 radical (unpaired) electrons. The molecule has 0 amide bonds. The highest BCUT2D eigenvalue weighted by molar-refractivity contribution is 5.05. The lowest BCUT2D eigenvalue weighted by molar-refractivity contribution is -0.102. The van der Waals surface area contributed by atoms with Crippen LogP contribution in [0.15, 0.2) is 0 Å². The number of piperidine rings is 1. The zero-order valence-electron chi connectivity index (χ0n) is 10.0. The van der Waals surface area contributed by atoms with Crippen LogP contribution in [0.25, 0.3) is 0 Å². The highest BCUT2D eigenvalue weighted by Crippen LogP contribution is 2.44. The van der Waals surface area contributed by atoms with Gasteiger partial charge in [0.25, 0.3) is 0 Å². The molecule has 2 rings (SSSR count). The van der Waals surface area contributed by atoms with E-state index in [1.165, 1.54) is 12.8 Å². The summed E-state index contributed by atoms with van der Waals surface area (Å²) in [7, 11) is 0. The Labute approximate surface area is 92.1 Å². The molecule has 0 saturated carbocycles. The minimum Gasteiger partial charge on any atom is -0.393 e. The van der Waals surface area contributed by atoms with Gasteiger partial charge in [-0.25, -0.2) is 0 Å². The predicted octanol–water partition coefficient (Wildman–Crippen LogP) is 1.14. The van der Waals surface area contributed by atoms with Crippen LogP contribution in [0.3, 0.4) is 0 Å². The van der Waals surface area contributed by atoms with Gasteiger partial charge in [-0.05, 0) is 46.5 Å². The van der Waals surface area contributed by atoms with Gasteiger partial charge in [-0.15, -0.1) is 0 Å². The summed E-state index contributed by atoms with van der Waals surface area (Å²) >= 11 is 0. The maximum absolute atomic E-state index is 10.2. The van der Waals surface area contributed by atoms with Gasteiger partial charge >= 0.3 is 0 Å². The molecule has 2 fully saturated rings. The molecule has 2 aliphatic heterocycles. The van der Waals surface area contributed by atoms with Crippen molar-refractivity contribution in [1.82, 2.24) is 4.90 Å². The average molecular weight is 213 g/mol. The molecule has 3 nitrogen and oxygen atoms in total. The number of hydrogen-bond donors (Lipinski definition) is 2. The Morgan fingerprint density at radius 3 is 2.00 bits per heavy atom. The van der Waals surface area contributed by atoms with Crippen molar-refractivity contribution in [3.8, 4) is 0 Å². The third-order valence-corrected chi connectivity index (χ3v) is 3.92. The molecule has 0 aromatic rings. The third kappa shape index (κ3) is 1.93. The number of fused-ring (bicyclic) bond motifs is 2. The van der Waals surface area contributed by atoms with Gasteiger partial charge in [0, 0.05) is 17.6 Å². The Hall–Kier alpha value is -0.120. The van der Waals surface area contributed by atoms with Gasteiger partial charge < -0.3 is 10.2 Å². The van der Waals surface area contributed by atoms with Crippen LogP contribution in [0.2, 0.25) is 0 Å². The third-order valence-electron chi connectivity index (χ3n) is 3.92. The van der Waals surface area contributed by atoms with Crippen LogP contribution in [-0.2, 0) is 0 Å². The largest absolute Gasteiger partial charge is 0.393 e. The molecule has 2 bridgehead atoms. The molecule has 2 unspecified atom stereocenters. The fourth-order valence-electron chi connectivity index (χ4n) is 3.55. The van der Waals surface area contributed by atoms with E-state index in [1.54, 1.807) is 0 Å². The number of aliphatic hydroxyl groups excluding tert-OH is 1. The average Bonchev–Trinajstić information content (AvgIpc) is 2.40. The molecule has 0 aromatic carbocycles. The quantitative estimate of drug-likeness (QED) is 0.686. The van der Waals surface area contributed by atoms with Crippen molar-refractivity contribution in [3.63, 3.8) is 0 Å². The second-order valence-corrected chi connectivity index (χ2v) is 6.25. The normalized spacial score (nSPS) is 42.2. The van der Waals surface area contributed by atoms with Crippen molar-refractivity contribution in [2.45, 2.75) is 69.7 Å². The second-order valence-electron chi connectivity index (χ2n) is 6.25. The van der Waals surface area contributed by atoms with E-state index < -0.39 is 5.60 Å². The zero-order chi connectivity index (χ0) is 11.3. The molecule has 0 aliphatic carbocycles. The lowest BCUT2D eigenvalue weighted by atomic mass is 9.84. The first kappa shape index (κ1) is 11.4. The summed E-state index contributed by atoms with van der Waals surface area (Å²) in [5, 5.41) is 19.4. The van der Waals surface area contributed by atoms with E-state index in [0.717, 1.165) is 12.8 Å². The smallest absolute Gasteiger partial charge is 0.0907 e. The van der Waals surface area contributed by atoms with Gasteiger partial charge in [0.1, 0.15) is 0 Å². The first-order valence-corrected chi connectivity index (χ1v) is 5.97. The lowest BCUT2D eigenvalue weighted by Gasteiger charge is -2.49. The van der Waals surface area contributed by atoms with E-state index in [0.29, 0.717) is 12.1 Å². The summed E-state index contributed by atoms with van der Waals surface area (Å²) in [4.78, 5) is 2.54. The van der Waals surface area contributed by atoms with Crippen LogP contribution in [-0.4, -0.2) is 44.9 Å². The lowest BCUT2D eigenvalue weighted by Crippen LogP contribution is -2.58. The van der Waals surface area contributed by atoms with Crippen LogP contribution in [0, 0.1) is 0 Å². The second kappa shape index (κ2) is 3.44. The topological polar surface area (TPSA) is 43.7 Å². The number of rotatable bonds is 1. The number of hydrogen-bond acceptors (Lipinski definition) is 3. The summed E-state index contributed by atoms with van der Waals surface area (Å²) < 4.78 is 0. The van der Waals surface area contributed by atoms with Gasteiger partial charge in [-0.2, -0.15) is 0 Å². The van der Waals surface area contributed by atoms with Crippen LogP contribution < -0.4 is 0 Å². The molecule has 2 heterocycles. The molecule has 88 valence electrons. The Morgan fingerprint density at radius 1 is 1.20 bits per heavy atom. The molecule has 3 heteroatoms. The number of aliphatic hydroxyl groups is 2. The summed E-state index contributed by atoms with van der Waals surface area (Å²) in [5.41, 5.74) is -0.629. The van der Waals surface area contributed by atoms with Gasteiger partial charge in [0.05, 0.1) is 12.2 Å². The number of nitrogens with zero attached hydrogens (tertiary/aromatic N) is 1. The van der Waals surface area contributed by atoms with Gasteiger partial charge in [-0.3, -0.25) is 4.90 Å². The monoisotopic (exact) mass is 213 g/mol. The highest BCUT2D eigenvalue weighted by Gasteiger charge is 2.50. The predicted molar refractivity (Wildman–Crippen MR) is 59.7 cm³/mol. The van der Waals surface area contributed by atoms with Gasteiger partial charge in [-0.1, -0.05) is 0 Å². The molecular weight excluding hydrogens is 190 g/mol. The summed E-state index contributed by atoms with van der Waals surface area (Å²) in [6.07, 6.45) is 3.81. The minimum absolute atomic E-state index is 0.0853. The molecule has 2 N–H and O–H groups in total. The van der Waals surface area contributed by atoms with Crippen molar-refractivity contribution in [3.05, 3.63) is 0 Å². The molecule has 3 atom stereocenters. The van der Waals surface area contributed by atoms with Crippen molar-refractivity contribution in [2.75, 3.05) is 6.61 Å². The Balaban J connectivity index is 2.17. The first-order chi connectivity index (χ1) is 6.86. The summed E-state index contributed by atoms with van der Waals surface area (Å²) in [6.45, 7) is 6.63. The van der Waals surface area contributed by atoms with E-state index in [-0.39, 0.29) is 12.1 Å². The molecule has 2 saturated heterocycles. The summed E-state index contributed by atoms with van der Waals surface area (Å²) in [6, 6.07) is 0.918. The van der Waals surface area contributed by atoms with E-state index in [1.807, 2.05) is 0 Å². The highest BCUT2D eigenvalue weighted by atomic mass is 16.3. The molecule has 15 heavy (non-hydrogen) atoms. The Morgan fingerprint density at radius 2 is 1.67 bits per heavy atom. The van der Waals surface area contributed by atoms with Gasteiger partial charge in [0.15, 0.2) is 0 Å². The SMILES string of the molecule is CC(C)(C)N1C2CC[C@@H]1CC(O)(CO)C2. The van der Waals surface area contributed by atoms with Crippen molar-refractivity contribution in [2.24, 2.45) is 0 Å². The molecule has 2 aliphatic rings. The van der Waals surface area contributed by atoms with E-state index in [9.17, 15) is 10.2 Å². The summed E-state index contributed by atoms with van der Waals surface area (Å²) in [5.74, 6) is 0. The fraction of sp³-hybridized carbons (Fsp3) is 1.00. The van der Waals surface area contributed by atoms with E-state index in [2.05, 4.69) is 25.7 Å². The van der Waals surface area contributed by atoms with Crippen molar-refractivity contribution >= 4 is 0 Å². The van der Waals surface area contributed by atoms with Crippen LogP contribution in [0.5, 0.6) is 0 Å². The van der Waals surface area contributed by atoms with E-state index in [4.69, 9.17) is 0 Å².